The van der Waals surface area contributed by atoms with Crippen LogP contribution < -0.4 is 4.90 Å². The van der Waals surface area contributed by atoms with Crippen molar-refractivity contribution in [3.8, 4) is 0 Å². The number of non-ortho nitro benzene ring substituents is 1. The third kappa shape index (κ3) is 2.68. The number of benzene rings is 1. The number of nitrogens with zero attached hydrogens (tertiary/aromatic N) is 2. The maximum atomic E-state index is 10.4. The lowest BCUT2D eigenvalue weighted by atomic mass is 10.2. The molecule has 0 amide bonds. The van der Waals surface area contributed by atoms with Crippen LogP contribution >= 0.6 is 0 Å². The third-order valence-electron chi connectivity index (χ3n) is 2.16. The third-order valence-corrected chi connectivity index (χ3v) is 2.16. The molecule has 1 aromatic rings. The molecular weight excluding hydrogens is 212 g/mol. The van der Waals surface area contributed by atoms with Crippen molar-refractivity contribution < 1.29 is 15.1 Å². The van der Waals surface area contributed by atoms with Crippen molar-refractivity contribution in [1.29, 1.82) is 0 Å². The summed E-state index contributed by atoms with van der Waals surface area (Å²) in [6.07, 6.45) is -1.75. The Morgan fingerprint density at radius 3 is 1.94 bits per heavy atom. The molecular formula is C10H14N2O4. The highest BCUT2D eigenvalue weighted by Crippen LogP contribution is 2.21. The van der Waals surface area contributed by atoms with Crippen molar-refractivity contribution in [2.45, 2.75) is 26.3 Å². The number of hydrogen-bond acceptors (Lipinski definition) is 5. The molecule has 0 aromatic heterocycles. The molecule has 0 heterocycles. The summed E-state index contributed by atoms with van der Waals surface area (Å²) in [5.41, 5.74) is 0.496. The zero-order chi connectivity index (χ0) is 12.3. The standard InChI is InChI=1S/C10H14N2O4/c1-7(13)11(8(2)14)9-3-5-10(6-4-9)12(15)16/h3-8,13-14H,1-2H3. The summed E-state index contributed by atoms with van der Waals surface area (Å²) in [5, 5.41) is 29.3. The molecule has 0 spiro atoms. The van der Waals surface area contributed by atoms with Crippen LogP contribution in [-0.4, -0.2) is 27.6 Å². The smallest absolute Gasteiger partial charge is 0.269 e. The number of aliphatic hydroxyl groups is 2. The van der Waals surface area contributed by atoms with Gasteiger partial charge >= 0.3 is 0 Å². The Morgan fingerprint density at radius 1 is 1.19 bits per heavy atom. The van der Waals surface area contributed by atoms with Gasteiger partial charge in [-0.2, -0.15) is 0 Å². The highest BCUT2D eigenvalue weighted by Gasteiger charge is 2.17. The van der Waals surface area contributed by atoms with Crippen molar-refractivity contribution in [2.24, 2.45) is 0 Å². The molecule has 0 saturated carbocycles. The normalized spacial score (nSPS) is 14.2. The van der Waals surface area contributed by atoms with E-state index in [2.05, 4.69) is 0 Å². The van der Waals surface area contributed by atoms with Gasteiger partial charge in [0.25, 0.3) is 5.69 Å². The van der Waals surface area contributed by atoms with Crippen molar-refractivity contribution in [3.63, 3.8) is 0 Å². The fraction of sp³-hybridized carbons (Fsp3) is 0.400. The first-order chi connectivity index (χ1) is 7.43. The van der Waals surface area contributed by atoms with E-state index in [9.17, 15) is 20.3 Å². The van der Waals surface area contributed by atoms with E-state index >= 15 is 0 Å². The first kappa shape index (κ1) is 12.4. The van der Waals surface area contributed by atoms with Gasteiger partial charge in [-0.15, -0.1) is 0 Å². The Labute approximate surface area is 92.9 Å². The van der Waals surface area contributed by atoms with E-state index in [1.54, 1.807) is 0 Å². The van der Waals surface area contributed by atoms with Gasteiger partial charge in [-0.05, 0) is 26.0 Å². The van der Waals surface area contributed by atoms with Crippen LogP contribution in [0.15, 0.2) is 24.3 Å². The fourth-order valence-electron chi connectivity index (χ4n) is 1.49. The Balaban J connectivity index is 2.99. The van der Waals surface area contributed by atoms with E-state index in [0.29, 0.717) is 5.69 Å². The van der Waals surface area contributed by atoms with Crippen LogP contribution in [0.4, 0.5) is 11.4 Å². The predicted octanol–water partition coefficient (Wildman–Crippen LogP) is 1.08. The lowest BCUT2D eigenvalue weighted by Gasteiger charge is -2.30. The van der Waals surface area contributed by atoms with Gasteiger partial charge < -0.3 is 15.1 Å². The maximum absolute atomic E-state index is 10.4. The summed E-state index contributed by atoms with van der Waals surface area (Å²) < 4.78 is 0. The van der Waals surface area contributed by atoms with E-state index in [-0.39, 0.29) is 5.69 Å². The molecule has 16 heavy (non-hydrogen) atoms. The Morgan fingerprint density at radius 2 is 1.62 bits per heavy atom. The molecule has 0 saturated heterocycles. The molecule has 6 nitrogen and oxygen atoms in total. The van der Waals surface area contributed by atoms with Gasteiger partial charge in [0.15, 0.2) is 0 Å². The minimum absolute atomic E-state index is 0.0279. The molecule has 6 heteroatoms. The topological polar surface area (TPSA) is 86.8 Å². The molecule has 2 N–H and O–H groups in total. The number of anilines is 1. The van der Waals surface area contributed by atoms with Gasteiger partial charge in [0, 0.05) is 17.8 Å². The summed E-state index contributed by atoms with van der Waals surface area (Å²) in [7, 11) is 0. The molecule has 1 rings (SSSR count). The zero-order valence-corrected chi connectivity index (χ0v) is 9.07. The highest BCUT2D eigenvalue weighted by atomic mass is 16.6. The molecule has 1 aromatic carbocycles. The molecule has 0 fully saturated rings. The van der Waals surface area contributed by atoms with Crippen LogP contribution in [-0.2, 0) is 0 Å². The van der Waals surface area contributed by atoms with Crippen LogP contribution in [0.25, 0.3) is 0 Å². The van der Waals surface area contributed by atoms with Crippen molar-refractivity contribution in [2.75, 3.05) is 4.90 Å². The summed E-state index contributed by atoms with van der Waals surface area (Å²) in [4.78, 5) is 11.3. The lowest BCUT2D eigenvalue weighted by Crippen LogP contribution is -2.40. The van der Waals surface area contributed by atoms with Crippen LogP contribution in [0.3, 0.4) is 0 Å². The lowest BCUT2D eigenvalue weighted by molar-refractivity contribution is -0.384. The first-order valence-corrected chi connectivity index (χ1v) is 4.82. The molecule has 0 aliphatic rings. The van der Waals surface area contributed by atoms with Gasteiger partial charge in [-0.3, -0.25) is 10.1 Å². The molecule has 2 atom stereocenters. The van der Waals surface area contributed by atoms with Gasteiger partial charge in [-0.25, -0.2) is 0 Å². The molecule has 0 aliphatic carbocycles. The molecule has 0 aliphatic heterocycles. The second kappa shape index (κ2) is 4.91. The highest BCUT2D eigenvalue weighted by molar-refractivity contribution is 5.51. The van der Waals surface area contributed by atoms with E-state index in [1.165, 1.54) is 43.0 Å². The number of aliphatic hydroxyl groups excluding tert-OH is 2. The molecule has 0 bridgehead atoms. The minimum atomic E-state index is -0.874. The van der Waals surface area contributed by atoms with Crippen molar-refractivity contribution in [1.82, 2.24) is 0 Å². The quantitative estimate of drug-likeness (QED) is 0.455. The average Bonchev–Trinajstić information content (AvgIpc) is 2.17. The second-order valence-corrected chi connectivity index (χ2v) is 3.44. The van der Waals surface area contributed by atoms with Gasteiger partial charge in [0.05, 0.1) is 4.92 Å². The average molecular weight is 226 g/mol. The summed E-state index contributed by atoms with van der Waals surface area (Å²) >= 11 is 0. The van der Waals surface area contributed by atoms with E-state index in [1.807, 2.05) is 0 Å². The van der Waals surface area contributed by atoms with Gasteiger partial charge in [-0.1, -0.05) is 0 Å². The number of nitro benzene ring substituents is 1. The van der Waals surface area contributed by atoms with E-state index < -0.39 is 17.4 Å². The first-order valence-electron chi connectivity index (χ1n) is 4.82. The fourth-order valence-corrected chi connectivity index (χ4v) is 1.49. The van der Waals surface area contributed by atoms with Gasteiger partial charge in [0.1, 0.15) is 12.5 Å². The number of nitro groups is 1. The van der Waals surface area contributed by atoms with Crippen LogP contribution in [0, 0.1) is 10.1 Å². The molecule has 88 valence electrons. The number of rotatable bonds is 4. The van der Waals surface area contributed by atoms with E-state index in [4.69, 9.17) is 0 Å². The molecule has 0 radical (unpaired) electrons. The second-order valence-electron chi connectivity index (χ2n) is 3.44. The minimum Gasteiger partial charge on any atom is -0.374 e. The van der Waals surface area contributed by atoms with Crippen LogP contribution in [0.5, 0.6) is 0 Å². The summed E-state index contributed by atoms with van der Waals surface area (Å²) in [6.45, 7) is 3.02. The Hall–Kier alpha value is -1.66. The maximum Gasteiger partial charge on any atom is 0.269 e. The van der Waals surface area contributed by atoms with Crippen molar-refractivity contribution in [3.05, 3.63) is 34.4 Å². The Kier molecular flexibility index (Phi) is 3.81. The predicted molar refractivity (Wildman–Crippen MR) is 58.9 cm³/mol. The van der Waals surface area contributed by atoms with Gasteiger partial charge in [0.2, 0.25) is 0 Å². The summed E-state index contributed by atoms with van der Waals surface area (Å²) in [5.74, 6) is 0. The SMILES string of the molecule is CC(O)N(c1ccc([N+](=O)[O-])cc1)C(C)O. The zero-order valence-electron chi connectivity index (χ0n) is 9.07. The van der Waals surface area contributed by atoms with Crippen molar-refractivity contribution >= 4 is 11.4 Å². The number of hydrogen-bond donors (Lipinski definition) is 2. The van der Waals surface area contributed by atoms with Crippen LogP contribution in [0.1, 0.15) is 13.8 Å². The summed E-state index contributed by atoms with van der Waals surface area (Å²) in [6, 6.07) is 5.62. The monoisotopic (exact) mass is 226 g/mol. The molecule has 2 unspecified atom stereocenters. The van der Waals surface area contributed by atoms with E-state index in [0.717, 1.165) is 0 Å². The van der Waals surface area contributed by atoms with Crippen LogP contribution in [0.2, 0.25) is 0 Å². The largest absolute Gasteiger partial charge is 0.374 e. The Bertz CT molecular complexity index is 354.